The number of carbonyl (C=O) groups is 1. The van der Waals surface area contributed by atoms with Crippen molar-refractivity contribution in [3.05, 3.63) is 65.6 Å². The van der Waals surface area contributed by atoms with Crippen LogP contribution >= 0.6 is 0 Å². The highest BCUT2D eigenvalue weighted by molar-refractivity contribution is 5.93. The molecule has 0 atom stereocenters. The molecule has 0 unspecified atom stereocenters. The van der Waals surface area contributed by atoms with Crippen LogP contribution in [0.4, 0.5) is 11.5 Å². The van der Waals surface area contributed by atoms with Crippen LogP contribution < -0.4 is 10.6 Å². The van der Waals surface area contributed by atoms with E-state index in [0.717, 1.165) is 53.2 Å². The van der Waals surface area contributed by atoms with Crippen LogP contribution in [0.2, 0.25) is 0 Å². The maximum absolute atomic E-state index is 12.2. The van der Waals surface area contributed by atoms with Crippen LogP contribution in [-0.4, -0.2) is 20.9 Å². The minimum Gasteiger partial charge on any atom is -0.366 e. The summed E-state index contributed by atoms with van der Waals surface area (Å²) in [5.41, 5.74) is 4.76. The highest BCUT2D eigenvalue weighted by Crippen LogP contribution is 2.28. The van der Waals surface area contributed by atoms with Gasteiger partial charge in [-0.2, -0.15) is 0 Å². The molecule has 6 nitrogen and oxygen atoms in total. The number of nitrogens with one attached hydrogen (secondary N) is 2. The molecule has 0 radical (unpaired) electrons. The Labute approximate surface area is 170 Å². The zero-order valence-corrected chi connectivity index (χ0v) is 16.8. The minimum atomic E-state index is 0.129. The van der Waals surface area contributed by atoms with Gasteiger partial charge in [-0.1, -0.05) is 18.6 Å². The average molecular weight is 387 g/mol. The monoisotopic (exact) mass is 387 g/mol. The van der Waals surface area contributed by atoms with E-state index in [2.05, 4.69) is 20.6 Å². The predicted molar refractivity (Wildman–Crippen MR) is 114 cm³/mol. The van der Waals surface area contributed by atoms with Crippen molar-refractivity contribution >= 4 is 17.4 Å². The third-order valence-electron chi connectivity index (χ3n) is 5.44. The Hall–Kier alpha value is -3.28. The van der Waals surface area contributed by atoms with Crippen molar-refractivity contribution in [3.63, 3.8) is 0 Å². The van der Waals surface area contributed by atoms with Crippen LogP contribution in [-0.2, 0) is 11.3 Å². The van der Waals surface area contributed by atoms with Crippen molar-refractivity contribution in [2.45, 2.75) is 39.7 Å². The Morgan fingerprint density at radius 1 is 1.14 bits per heavy atom. The van der Waals surface area contributed by atoms with Gasteiger partial charge >= 0.3 is 0 Å². The summed E-state index contributed by atoms with van der Waals surface area (Å²) in [6.45, 7) is 4.61. The molecule has 0 saturated heterocycles. The Bertz CT molecular complexity index is 1020. The first-order valence-corrected chi connectivity index (χ1v) is 9.99. The summed E-state index contributed by atoms with van der Waals surface area (Å²) in [6, 6.07) is 11.8. The fourth-order valence-corrected chi connectivity index (χ4v) is 3.28. The number of amides is 1. The van der Waals surface area contributed by atoms with Gasteiger partial charge in [0.25, 0.3) is 0 Å². The first-order chi connectivity index (χ1) is 14.1. The largest absolute Gasteiger partial charge is 0.366 e. The second-order valence-corrected chi connectivity index (χ2v) is 7.52. The van der Waals surface area contributed by atoms with Gasteiger partial charge in [0, 0.05) is 47.4 Å². The summed E-state index contributed by atoms with van der Waals surface area (Å²) in [7, 11) is 0. The number of benzene rings is 1. The molecule has 3 aromatic rings. The highest BCUT2D eigenvalue weighted by Gasteiger charge is 2.25. The Morgan fingerprint density at radius 3 is 2.72 bits per heavy atom. The summed E-state index contributed by atoms with van der Waals surface area (Å²) < 4.78 is 0. The number of aryl methyl sites for hydroxylation is 1. The maximum atomic E-state index is 12.2. The van der Waals surface area contributed by atoms with Crippen molar-refractivity contribution in [1.29, 1.82) is 0 Å². The van der Waals surface area contributed by atoms with Crippen LogP contribution in [0, 0.1) is 19.8 Å². The van der Waals surface area contributed by atoms with Crippen molar-refractivity contribution in [1.82, 2.24) is 15.0 Å². The van der Waals surface area contributed by atoms with Crippen molar-refractivity contribution in [3.8, 4) is 11.4 Å². The van der Waals surface area contributed by atoms with Gasteiger partial charge in [0.15, 0.2) is 5.82 Å². The topological polar surface area (TPSA) is 79.8 Å². The molecule has 1 saturated carbocycles. The van der Waals surface area contributed by atoms with Gasteiger partial charge in [-0.3, -0.25) is 9.78 Å². The molecule has 4 rings (SSSR count). The van der Waals surface area contributed by atoms with E-state index in [1.54, 1.807) is 12.4 Å². The maximum Gasteiger partial charge on any atom is 0.227 e. The molecule has 2 N–H and O–H groups in total. The zero-order valence-electron chi connectivity index (χ0n) is 16.8. The Kier molecular flexibility index (Phi) is 5.51. The van der Waals surface area contributed by atoms with E-state index in [-0.39, 0.29) is 11.8 Å². The molecule has 29 heavy (non-hydrogen) atoms. The lowest BCUT2D eigenvalue weighted by molar-refractivity contribution is -0.122. The second-order valence-electron chi connectivity index (χ2n) is 7.52. The third-order valence-corrected chi connectivity index (χ3v) is 5.44. The molecule has 2 heterocycles. The Balaban J connectivity index is 1.48. The number of carbonyl (C=O) groups excluding carboxylic acids is 1. The number of hydrogen-bond acceptors (Lipinski definition) is 5. The summed E-state index contributed by atoms with van der Waals surface area (Å²) in [5.74, 6) is 1.77. The second kappa shape index (κ2) is 8.39. The quantitative estimate of drug-likeness (QED) is 0.651. The minimum absolute atomic E-state index is 0.129. The van der Waals surface area contributed by atoms with Gasteiger partial charge < -0.3 is 10.6 Å². The molecular weight excluding hydrogens is 362 g/mol. The van der Waals surface area contributed by atoms with Crippen molar-refractivity contribution < 1.29 is 4.79 Å². The molecular formula is C23H25N5O. The molecule has 1 fully saturated rings. The fraction of sp³-hybridized carbons (Fsp3) is 0.304. The number of pyridine rings is 1. The van der Waals surface area contributed by atoms with Gasteiger partial charge in [0.2, 0.25) is 5.91 Å². The normalized spacial score (nSPS) is 13.6. The standard InChI is InChI=1S/C23H25N5O/c1-15-16(2)26-22(19-9-5-11-24-14-19)28-21(15)25-13-17-6-3-10-20(12-17)27-23(29)18-7-4-8-18/h3,5-6,9-12,14,18H,4,7-8,13H2,1-2H3,(H,27,29)(H,25,26,28). The summed E-state index contributed by atoms with van der Waals surface area (Å²) in [4.78, 5) is 25.6. The third kappa shape index (κ3) is 4.42. The molecule has 1 aliphatic carbocycles. The average Bonchev–Trinajstić information content (AvgIpc) is 2.68. The molecule has 2 aromatic heterocycles. The van der Waals surface area contributed by atoms with Crippen LogP contribution in [0.5, 0.6) is 0 Å². The first kappa shape index (κ1) is 19.1. The number of nitrogens with zero attached hydrogens (tertiary/aromatic N) is 3. The molecule has 148 valence electrons. The number of hydrogen-bond donors (Lipinski definition) is 2. The lowest BCUT2D eigenvalue weighted by Gasteiger charge is -2.24. The predicted octanol–water partition coefficient (Wildman–Crippen LogP) is 4.51. The Morgan fingerprint density at radius 2 is 2.00 bits per heavy atom. The lowest BCUT2D eigenvalue weighted by Crippen LogP contribution is -2.28. The smallest absolute Gasteiger partial charge is 0.227 e. The number of rotatable bonds is 6. The van der Waals surface area contributed by atoms with Gasteiger partial charge in [-0.25, -0.2) is 9.97 Å². The van der Waals surface area contributed by atoms with E-state index >= 15 is 0 Å². The van der Waals surface area contributed by atoms with Crippen molar-refractivity contribution in [2.75, 3.05) is 10.6 Å². The molecule has 0 aliphatic heterocycles. The van der Waals surface area contributed by atoms with Crippen LogP contribution in [0.1, 0.15) is 36.1 Å². The van der Waals surface area contributed by atoms with E-state index in [1.165, 1.54) is 0 Å². The van der Waals surface area contributed by atoms with E-state index < -0.39 is 0 Å². The molecule has 0 spiro atoms. The van der Waals surface area contributed by atoms with Gasteiger partial charge in [-0.15, -0.1) is 0 Å². The summed E-state index contributed by atoms with van der Waals surface area (Å²) >= 11 is 0. The van der Waals surface area contributed by atoms with E-state index in [0.29, 0.717) is 12.4 Å². The highest BCUT2D eigenvalue weighted by atomic mass is 16.1. The number of anilines is 2. The molecule has 0 bridgehead atoms. The first-order valence-electron chi connectivity index (χ1n) is 9.99. The fourth-order valence-electron chi connectivity index (χ4n) is 3.28. The van der Waals surface area contributed by atoms with E-state index in [9.17, 15) is 4.79 Å². The van der Waals surface area contributed by atoms with Crippen molar-refractivity contribution in [2.24, 2.45) is 5.92 Å². The van der Waals surface area contributed by atoms with Gasteiger partial charge in [0.1, 0.15) is 5.82 Å². The molecule has 1 aliphatic rings. The molecule has 6 heteroatoms. The molecule has 1 aromatic carbocycles. The van der Waals surface area contributed by atoms with E-state index in [1.807, 2.05) is 50.2 Å². The van der Waals surface area contributed by atoms with Crippen LogP contribution in [0.15, 0.2) is 48.8 Å². The zero-order chi connectivity index (χ0) is 20.2. The van der Waals surface area contributed by atoms with Crippen LogP contribution in [0.3, 0.4) is 0 Å². The lowest BCUT2D eigenvalue weighted by atomic mass is 9.85. The number of aromatic nitrogens is 3. The van der Waals surface area contributed by atoms with Gasteiger partial charge in [-0.05, 0) is 56.5 Å². The van der Waals surface area contributed by atoms with E-state index in [4.69, 9.17) is 4.98 Å². The van der Waals surface area contributed by atoms with Crippen LogP contribution in [0.25, 0.3) is 11.4 Å². The SMILES string of the molecule is Cc1nc(-c2cccnc2)nc(NCc2cccc(NC(=O)C3CCC3)c2)c1C. The summed E-state index contributed by atoms with van der Waals surface area (Å²) in [5, 5.41) is 6.46. The summed E-state index contributed by atoms with van der Waals surface area (Å²) in [6.07, 6.45) is 6.65. The van der Waals surface area contributed by atoms with Gasteiger partial charge in [0.05, 0.1) is 0 Å². The molecule has 1 amide bonds.